The standard InChI is InChI=1S/C20H25F2N5O2/c1-4-27(13(2)3)19(28)15-7-14(21)5-6-16(15)29-17-8-24-12-25-18(17)26-10-20(22,9-23)11-26/h5-8,12-13H,4,9-11,23H2,1-3H3. The van der Waals surface area contributed by atoms with Crippen molar-refractivity contribution >= 4 is 11.7 Å². The summed E-state index contributed by atoms with van der Waals surface area (Å²) in [6, 6.07) is 3.69. The van der Waals surface area contributed by atoms with Crippen LogP contribution in [0.15, 0.2) is 30.7 Å². The molecular formula is C20H25F2N5O2. The van der Waals surface area contributed by atoms with Gasteiger partial charge in [0.15, 0.2) is 17.2 Å². The molecule has 1 aliphatic rings. The Bertz CT molecular complexity index is 887. The number of hydrogen-bond acceptors (Lipinski definition) is 6. The molecule has 0 aliphatic carbocycles. The summed E-state index contributed by atoms with van der Waals surface area (Å²) in [5.41, 5.74) is 4.10. The summed E-state index contributed by atoms with van der Waals surface area (Å²) >= 11 is 0. The van der Waals surface area contributed by atoms with E-state index >= 15 is 0 Å². The highest BCUT2D eigenvalue weighted by molar-refractivity contribution is 5.97. The molecule has 0 unspecified atom stereocenters. The lowest BCUT2D eigenvalue weighted by Gasteiger charge is -2.44. The predicted molar refractivity (Wildman–Crippen MR) is 105 cm³/mol. The van der Waals surface area contributed by atoms with Gasteiger partial charge in [0.2, 0.25) is 0 Å². The molecular weight excluding hydrogens is 380 g/mol. The van der Waals surface area contributed by atoms with E-state index in [0.29, 0.717) is 12.4 Å². The third-order valence-electron chi connectivity index (χ3n) is 4.89. The molecule has 2 N–H and O–H groups in total. The van der Waals surface area contributed by atoms with Crippen molar-refractivity contribution in [2.75, 3.05) is 31.1 Å². The smallest absolute Gasteiger partial charge is 0.257 e. The van der Waals surface area contributed by atoms with Crippen LogP contribution in [0.4, 0.5) is 14.6 Å². The lowest BCUT2D eigenvalue weighted by molar-refractivity contribution is 0.0713. The Kier molecular flexibility index (Phi) is 5.97. The van der Waals surface area contributed by atoms with Gasteiger partial charge in [-0.05, 0) is 39.0 Å². The van der Waals surface area contributed by atoms with Crippen LogP contribution in [0.2, 0.25) is 0 Å². The van der Waals surface area contributed by atoms with E-state index in [1.807, 2.05) is 20.8 Å². The van der Waals surface area contributed by atoms with Crippen molar-refractivity contribution in [1.29, 1.82) is 0 Å². The lowest BCUT2D eigenvalue weighted by atomic mass is 9.96. The number of nitrogens with two attached hydrogens (primary N) is 1. The number of benzene rings is 1. The summed E-state index contributed by atoms with van der Waals surface area (Å²) in [4.78, 5) is 24.4. The van der Waals surface area contributed by atoms with Crippen LogP contribution in [0.5, 0.6) is 11.5 Å². The fourth-order valence-corrected chi connectivity index (χ4v) is 3.31. The molecule has 7 nitrogen and oxygen atoms in total. The van der Waals surface area contributed by atoms with Gasteiger partial charge < -0.3 is 20.3 Å². The van der Waals surface area contributed by atoms with E-state index in [2.05, 4.69) is 9.97 Å². The van der Waals surface area contributed by atoms with Gasteiger partial charge in [-0.2, -0.15) is 0 Å². The molecule has 29 heavy (non-hydrogen) atoms. The quantitative estimate of drug-likeness (QED) is 0.763. The molecule has 1 amide bonds. The third kappa shape index (κ3) is 4.29. The highest BCUT2D eigenvalue weighted by Crippen LogP contribution is 2.37. The van der Waals surface area contributed by atoms with Crippen molar-refractivity contribution in [2.45, 2.75) is 32.5 Å². The molecule has 1 aromatic heterocycles. The second-order valence-electron chi connectivity index (χ2n) is 7.35. The van der Waals surface area contributed by atoms with Crippen molar-refractivity contribution in [3.05, 3.63) is 42.1 Å². The summed E-state index contributed by atoms with van der Waals surface area (Å²) in [5, 5.41) is 0. The van der Waals surface area contributed by atoms with E-state index in [-0.39, 0.29) is 48.6 Å². The van der Waals surface area contributed by atoms with Crippen molar-refractivity contribution in [1.82, 2.24) is 14.9 Å². The Morgan fingerprint density at radius 1 is 1.38 bits per heavy atom. The van der Waals surface area contributed by atoms with Gasteiger partial charge in [0.05, 0.1) is 24.8 Å². The van der Waals surface area contributed by atoms with Gasteiger partial charge in [-0.15, -0.1) is 0 Å². The van der Waals surface area contributed by atoms with Crippen LogP contribution in [-0.2, 0) is 0 Å². The second kappa shape index (κ2) is 8.28. The van der Waals surface area contributed by atoms with Crippen LogP contribution in [0, 0.1) is 5.82 Å². The maximum atomic E-state index is 14.2. The number of carbonyl (C=O) groups is 1. The van der Waals surface area contributed by atoms with Crippen LogP contribution in [-0.4, -0.2) is 58.7 Å². The molecule has 1 aromatic carbocycles. The predicted octanol–water partition coefficient (Wildman–Crippen LogP) is 2.77. The molecule has 9 heteroatoms. The normalized spacial score (nSPS) is 15.2. The third-order valence-corrected chi connectivity index (χ3v) is 4.89. The average Bonchev–Trinajstić information content (AvgIpc) is 2.67. The molecule has 2 aromatic rings. The number of aromatic nitrogens is 2. The Balaban J connectivity index is 1.91. The SMILES string of the molecule is CCN(C(=O)c1cc(F)ccc1Oc1cncnc1N1CC(F)(CN)C1)C(C)C. The van der Waals surface area contributed by atoms with Gasteiger partial charge in [-0.1, -0.05) is 0 Å². The zero-order valence-electron chi connectivity index (χ0n) is 16.7. The van der Waals surface area contributed by atoms with Crippen molar-refractivity contribution in [2.24, 2.45) is 5.73 Å². The minimum absolute atomic E-state index is 0.0609. The van der Waals surface area contributed by atoms with Gasteiger partial charge in [0.25, 0.3) is 5.91 Å². The van der Waals surface area contributed by atoms with Gasteiger partial charge in [0, 0.05) is 19.1 Å². The fraction of sp³-hybridized carbons (Fsp3) is 0.450. The maximum Gasteiger partial charge on any atom is 0.257 e. The lowest BCUT2D eigenvalue weighted by Crippen LogP contribution is -2.63. The number of rotatable bonds is 7. The summed E-state index contributed by atoms with van der Waals surface area (Å²) in [6.07, 6.45) is 2.76. The summed E-state index contributed by atoms with van der Waals surface area (Å²) in [5.74, 6) is -0.0684. The second-order valence-corrected chi connectivity index (χ2v) is 7.35. The average molecular weight is 405 g/mol. The van der Waals surface area contributed by atoms with Gasteiger partial charge in [-0.3, -0.25) is 4.79 Å². The van der Waals surface area contributed by atoms with Crippen LogP contribution < -0.4 is 15.4 Å². The summed E-state index contributed by atoms with van der Waals surface area (Å²) in [7, 11) is 0. The molecule has 0 bridgehead atoms. The first-order valence-electron chi connectivity index (χ1n) is 9.50. The molecule has 2 heterocycles. The fourth-order valence-electron chi connectivity index (χ4n) is 3.31. The number of halogens is 2. The number of carbonyl (C=O) groups excluding carboxylic acids is 1. The number of ether oxygens (including phenoxy) is 1. The minimum Gasteiger partial charge on any atom is -0.451 e. The zero-order valence-corrected chi connectivity index (χ0v) is 16.7. The van der Waals surface area contributed by atoms with Gasteiger partial charge in [0.1, 0.15) is 17.9 Å². The van der Waals surface area contributed by atoms with E-state index in [0.717, 1.165) is 6.07 Å². The molecule has 0 saturated carbocycles. The van der Waals surface area contributed by atoms with Crippen molar-refractivity contribution < 1.29 is 18.3 Å². The molecule has 156 valence electrons. The van der Waals surface area contributed by atoms with E-state index in [1.165, 1.54) is 24.7 Å². The minimum atomic E-state index is -1.46. The zero-order chi connectivity index (χ0) is 21.2. The molecule has 0 radical (unpaired) electrons. The first-order valence-corrected chi connectivity index (χ1v) is 9.50. The molecule has 1 aliphatic heterocycles. The van der Waals surface area contributed by atoms with Gasteiger partial charge in [-0.25, -0.2) is 18.7 Å². The molecule has 0 spiro atoms. The molecule has 3 rings (SSSR count). The Labute approximate surface area is 168 Å². The molecule has 1 fully saturated rings. The Morgan fingerprint density at radius 2 is 2.10 bits per heavy atom. The van der Waals surface area contributed by atoms with Crippen molar-refractivity contribution in [3.8, 4) is 11.5 Å². The Morgan fingerprint density at radius 3 is 2.72 bits per heavy atom. The first-order chi connectivity index (χ1) is 13.8. The first kappa shape index (κ1) is 20.9. The highest BCUT2D eigenvalue weighted by Gasteiger charge is 2.44. The van der Waals surface area contributed by atoms with Crippen LogP contribution in [0.1, 0.15) is 31.1 Å². The number of nitrogens with zero attached hydrogens (tertiary/aromatic N) is 4. The van der Waals surface area contributed by atoms with Gasteiger partial charge >= 0.3 is 0 Å². The largest absolute Gasteiger partial charge is 0.451 e. The van der Waals surface area contributed by atoms with E-state index < -0.39 is 11.5 Å². The van der Waals surface area contributed by atoms with E-state index in [1.54, 1.807) is 9.80 Å². The number of alkyl halides is 1. The number of hydrogen-bond donors (Lipinski definition) is 1. The highest BCUT2D eigenvalue weighted by atomic mass is 19.1. The number of anilines is 1. The maximum absolute atomic E-state index is 14.2. The summed E-state index contributed by atoms with van der Waals surface area (Å²) in [6.45, 7) is 6.18. The van der Waals surface area contributed by atoms with E-state index in [4.69, 9.17) is 10.5 Å². The molecule has 0 atom stereocenters. The van der Waals surface area contributed by atoms with Crippen LogP contribution >= 0.6 is 0 Å². The van der Waals surface area contributed by atoms with E-state index in [9.17, 15) is 13.6 Å². The molecule has 1 saturated heterocycles. The topological polar surface area (TPSA) is 84.6 Å². The van der Waals surface area contributed by atoms with Crippen molar-refractivity contribution in [3.63, 3.8) is 0 Å². The van der Waals surface area contributed by atoms with Crippen LogP contribution in [0.25, 0.3) is 0 Å². The number of amides is 1. The Hall–Kier alpha value is -2.81. The monoisotopic (exact) mass is 405 g/mol. The summed E-state index contributed by atoms with van der Waals surface area (Å²) < 4.78 is 34.0. The van der Waals surface area contributed by atoms with Crippen LogP contribution in [0.3, 0.4) is 0 Å².